The van der Waals surface area contributed by atoms with E-state index in [0.717, 1.165) is 58.4 Å². The highest BCUT2D eigenvalue weighted by Crippen LogP contribution is 2.09. The molecule has 0 amide bonds. The first-order valence-corrected chi connectivity index (χ1v) is 7.68. The van der Waals surface area contributed by atoms with Crippen molar-refractivity contribution in [3.05, 3.63) is 35.4 Å². The molecule has 2 aliphatic rings. The number of benzene rings is 1. The zero-order valence-electron chi connectivity index (χ0n) is 12.7. The molecule has 1 saturated heterocycles. The lowest BCUT2D eigenvalue weighted by Crippen LogP contribution is -2.35. The van der Waals surface area contributed by atoms with E-state index in [1.165, 1.54) is 11.1 Å². The number of nitrogens with one attached hydrogen (secondary N) is 1. The molecule has 0 unspecified atom stereocenters. The van der Waals surface area contributed by atoms with Crippen LogP contribution < -0.4 is 5.32 Å². The number of guanidine groups is 1. The van der Waals surface area contributed by atoms with Crippen LogP contribution in [0.2, 0.25) is 0 Å². The fraction of sp³-hybridized carbons (Fsp3) is 0.562. The first-order chi connectivity index (χ1) is 10.3. The summed E-state index contributed by atoms with van der Waals surface area (Å²) >= 11 is 0. The molecule has 2 aliphatic heterocycles. The first kappa shape index (κ1) is 14.4. The van der Waals surface area contributed by atoms with Crippen molar-refractivity contribution < 1.29 is 4.74 Å². The standard InChI is InChI=1S/C16H24N4O/c1-19-7-6-17-16(19)18-12-14-2-4-15(5-3-14)13-20-8-10-21-11-9-20/h2-5H,6-13H2,1H3,(H,17,18). The van der Waals surface area contributed by atoms with Crippen molar-refractivity contribution in [1.29, 1.82) is 0 Å². The second-order valence-corrected chi connectivity index (χ2v) is 5.69. The summed E-state index contributed by atoms with van der Waals surface area (Å²) in [6.45, 7) is 7.56. The Morgan fingerprint density at radius 3 is 2.48 bits per heavy atom. The van der Waals surface area contributed by atoms with Gasteiger partial charge in [-0.1, -0.05) is 24.3 Å². The Labute approximate surface area is 126 Å². The van der Waals surface area contributed by atoms with Crippen LogP contribution in [-0.2, 0) is 17.8 Å². The number of nitrogens with zero attached hydrogens (tertiary/aromatic N) is 3. The van der Waals surface area contributed by atoms with E-state index >= 15 is 0 Å². The van der Waals surface area contributed by atoms with Crippen LogP contribution in [0.5, 0.6) is 0 Å². The van der Waals surface area contributed by atoms with Crippen LogP contribution in [0.25, 0.3) is 0 Å². The van der Waals surface area contributed by atoms with E-state index in [4.69, 9.17) is 4.74 Å². The zero-order valence-corrected chi connectivity index (χ0v) is 12.7. The Hall–Kier alpha value is -1.59. The van der Waals surface area contributed by atoms with Crippen molar-refractivity contribution in [2.24, 2.45) is 4.99 Å². The monoisotopic (exact) mass is 288 g/mol. The summed E-state index contributed by atoms with van der Waals surface area (Å²) in [6, 6.07) is 8.87. The van der Waals surface area contributed by atoms with Gasteiger partial charge in [-0.2, -0.15) is 0 Å². The molecule has 0 atom stereocenters. The van der Waals surface area contributed by atoms with Crippen LogP contribution in [-0.4, -0.2) is 62.2 Å². The fourth-order valence-electron chi connectivity index (χ4n) is 2.68. The van der Waals surface area contributed by atoms with Crippen molar-refractivity contribution in [3.63, 3.8) is 0 Å². The van der Waals surface area contributed by atoms with Gasteiger partial charge in [0.15, 0.2) is 5.96 Å². The molecule has 1 aromatic carbocycles. The molecule has 0 saturated carbocycles. The highest BCUT2D eigenvalue weighted by Gasteiger charge is 2.12. The molecule has 1 N–H and O–H groups in total. The maximum Gasteiger partial charge on any atom is 0.194 e. The second-order valence-electron chi connectivity index (χ2n) is 5.69. The largest absolute Gasteiger partial charge is 0.379 e. The number of ether oxygens (including phenoxy) is 1. The molecule has 114 valence electrons. The topological polar surface area (TPSA) is 40.1 Å². The van der Waals surface area contributed by atoms with Gasteiger partial charge in [0.1, 0.15) is 0 Å². The highest BCUT2D eigenvalue weighted by molar-refractivity contribution is 5.81. The summed E-state index contributed by atoms with van der Waals surface area (Å²) in [5, 5.41) is 3.40. The minimum atomic E-state index is 0.834. The van der Waals surface area contributed by atoms with Gasteiger partial charge >= 0.3 is 0 Å². The zero-order chi connectivity index (χ0) is 14.5. The van der Waals surface area contributed by atoms with Crippen molar-refractivity contribution in [3.8, 4) is 0 Å². The first-order valence-electron chi connectivity index (χ1n) is 7.68. The van der Waals surface area contributed by atoms with Crippen molar-refractivity contribution in [2.75, 3.05) is 46.4 Å². The molecular weight excluding hydrogens is 264 g/mol. The van der Waals surface area contributed by atoms with Gasteiger partial charge in [-0.3, -0.25) is 9.89 Å². The summed E-state index contributed by atoms with van der Waals surface area (Å²) in [4.78, 5) is 9.04. The molecule has 3 rings (SSSR count). The summed E-state index contributed by atoms with van der Waals surface area (Å²) in [6.07, 6.45) is 0. The van der Waals surface area contributed by atoms with E-state index in [1.807, 2.05) is 0 Å². The van der Waals surface area contributed by atoms with E-state index in [-0.39, 0.29) is 0 Å². The molecule has 2 heterocycles. The summed E-state index contributed by atoms with van der Waals surface area (Å²) < 4.78 is 5.38. The van der Waals surface area contributed by atoms with Crippen molar-refractivity contribution >= 4 is 5.96 Å². The lowest BCUT2D eigenvalue weighted by Gasteiger charge is -2.26. The van der Waals surface area contributed by atoms with Gasteiger partial charge in [-0.15, -0.1) is 0 Å². The second kappa shape index (κ2) is 6.91. The fourth-order valence-corrected chi connectivity index (χ4v) is 2.68. The average molecular weight is 288 g/mol. The SMILES string of the molecule is CN1CCN=C1NCc1ccc(CN2CCOCC2)cc1. The molecule has 1 aromatic rings. The molecule has 21 heavy (non-hydrogen) atoms. The Balaban J connectivity index is 1.49. The Bertz CT molecular complexity index is 480. The lowest BCUT2D eigenvalue weighted by molar-refractivity contribution is 0.0342. The number of morpholine rings is 1. The maximum atomic E-state index is 5.38. The molecule has 0 radical (unpaired) electrons. The summed E-state index contributed by atoms with van der Waals surface area (Å²) in [5.74, 6) is 1.01. The summed E-state index contributed by atoms with van der Waals surface area (Å²) in [5.41, 5.74) is 2.67. The molecule has 5 heteroatoms. The van der Waals surface area contributed by atoms with E-state index in [9.17, 15) is 0 Å². The third-order valence-electron chi connectivity index (χ3n) is 4.04. The quantitative estimate of drug-likeness (QED) is 0.894. The van der Waals surface area contributed by atoms with Gasteiger partial charge in [0.2, 0.25) is 0 Å². The van der Waals surface area contributed by atoms with E-state index in [1.54, 1.807) is 0 Å². The van der Waals surface area contributed by atoms with Crippen molar-refractivity contribution in [1.82, 2.24) is 15.1 Å². The molecule has 0 spiro atoms. The average Bonchev–Trinajstić information content (AvgIpc) is 2.93. The number of likely N-dealkylation sites (N-methyl/N-ethyl adjacent to an activating group) is 1. The number of hydrogen-bond donors (Lipinski definition) is 1. The maximum absolute atomic E-state index is 5.38. The van der Waals surface area contributed by atoms with Gasteiger partial charge in [0.05, 0.1) is 19.8 Å². The Morgan fingerprint density at radius 2 is 1.81 bits per heavy atom. The predicted molar refractivity (Wildman–Crippen MR) is 84.3 cm³/mol. The minimum Gasteiger partial charge on any atom is -0.379 e. The highest BCUT2D eigenvalue weighted by atomic mass is 16.5. The molecule has 5 nitrogen and oxygen atoms in total. The molecule has 0 aromatic heterocycles. The summed E-state index contributed by atoms with van der Waals surface area (Å²) in [7, 11) is 2.07. The Morgan fingerprint density at radius 1 is 1.10 bits per heavy atom. The third-order valence-corrected chi connectivity index (χ3v) is 4.04. The van der Waals surface area contributed by atoms with Crippen LogP contribution in [0.15, 0.2) is 29.3 Å². The van der Waals surface area contributed by atoms with Crippen LogP contribution in [0.1, 0.15) is 11.1 Å². The van der Waals surface area contributed by atoms with E-state index < -0.39 is 0 Å². The van der Waals surface area contributed by atoms with Crippen LogP contribution in [0.3, 0.4) is 0 Å². The molecular formula is C16H24N4O. The van der Waals surface area contributed by atoms with Gasteiger partial charge in [-0.25, -0.2) is 0 Å². The van der Waals surface area contributed by atoms with Gasteiger partial charge in [0.25, 0.3) is 0 Å². The van der Waals surface area contributed by atoms with Crippen LogP contribution in [0, 0.1) is 0 Å². The van der Waals surface area contributed by atoms with Crippen molar-refractivity contribution in [2.45, 2.75) is 13.1 Å². The van der Waals surface area contributed by atoms with E-state index in [2.05, 4.69) is 51.4 Å². The smallest absolute Gasteiger partial charge is 0.194 e. The van der Waals surface area contributed by atoms with Crippen LogP contribution >= 0.6 is 0 Å². The number of hydrogen-bond acceptors (Lipinski definition) is 5. The normalized spacial score (nSPS) is 19.7. The van der Waals surface area contributed by atoms with Gasteiger partial charge in [0, 0.05) is 39.8 Å². The molecule has 1 fully saturated rings. The third kappa shape index (κ3) is 3.95. The van der Waals surface area contributed by atoms with Gasteiger partial charge < -0.3 is 15.0 Å². The lowest BCUT2D eigenvalue weighted by atomic mass is 10.1. The van der Waals surface area contributed by atoms with Crippen LogP contribution in [0.4, 0.5) is 0 Å². The predicted octanol–water partition coefficient (Wildman–Crippen LogP) is 0.910. The number of rotatable bonds is 4. The van der Waals surface area contributed by atoms with Gasteiger partial charge in [-0.05, 0) is 11.1 Å². The Kier molecular flexibility index (Phi) is 4.72. The molecule has 0 aliphatic carbocycles. The molecule has 0 bridgehead atoms. The minimum absolute atomic E-state index is 0.834. The number of aliphatic imine (C=N–C) groups is 1. The van der Waals surface area contributed by atoms with E-state index in [0.29, 0.717) is 0 Å².